The van der Waals surface area contributed by atoms with Crippen molar-refractivity contribution < 1.29 is 9.21 Å². The molecule has 2 aromatic carbocycles. The summed E-state index contributed by atoms with van der Waals surface area (Å²) in [6, 6.07) is 21.9. The van der Waals surface area contributed by atoms with Gasteiger partial charge in [-0.3, -0.25) is 4.79 Å². The summed E-state index contributed by atoms with van der Waals surface area (Å²) < 4.78 is 7.45. The molecule has 0 aliphatic rings. The lowest BCUT2D eigenvalue weighted by Gasteiger charge is -2.21. The van der Waals surface area contributed by atoms with Crippen LogP contribution in [0.15, 0.2) is 77.4 Å². The highest BCUT2D eigenvalue weighted by Gasteiger charge is 2.21. The summed E-state index contributed by atoms with van der Waals surface area (Å²) in [4.78, 5) is 19.0. The number of rotatable bonds is 5. The van der Waals surface area contributed by atoms with Crippen LogP contribution in [0.3, 0.4) is 0 Å². The topological polar surface area (TPSA) is 51.3 Å². The third kappa shape index (κ3) is 3.24. The number of fused-ring (bicyclic) bond motifs is 1. The lowest BCUT2D eigenvalue weighted by atomic mass is 10.1. The molecule has 0 bridgehead atoms. The van der Waals surface area contributed by atoms with Crippen LogP contribution in [-0.2, 0) is 6.54 Å². The van der Waals surface area contributed by atoms with E-state index in [2.05, 4.69) is 29.7 Å². The smallest absolute Gasteiger partial charge is 0.289 e. The average Bonchev–Trinajstić information content (AvgIpc) is 3.35. The number of nitrogens with zero attached hydrogens (tertiary/aromatic N) is 3. The van der Waals surface area contributed by atoms with Crippen LogP contribution in [-0.4, -0.2) is 27.4 Å². The highest BCUT2D eigenvalue weighted by atomic mass is 16.3. The van der Waals surface area contributed by atoms with Gasteiger partial charge in [-0.25, -0.2) is 4.98 Å². The molecular formula is C22H21N3O2. The molecule has 0 N–H and O–H groups in total. The van der Waals surface area contributed by atoms with E-state index in [0.717, 1.165) is 16.9 Å². The zero-order valence-electron chi connectivity index (χ0n) is 15.4. The maximum absolute atomic E-state index is 12.6. The van der Waals surface area contributed by atoms with Crippen molar-refractivity contribution in [2.24, 2.45) is 0 Å². The maximum Gasteiger partial charge on any atom is 0.289 e. The lowest BCUT2D eigenvalue weighted by molar-refractivity contribution is 0.0748. The van der Waals surface area contributed by atoms with Gasteiger partial charge in [0.15, 0.2) is 5.76 Å². The monoisotopic (exact) mass is 359 g/mol. The van der Waals surface area contributed by atoms with Crippen LogP contribution >= 0.6 is 0 Å². The predicted octanol–water partition coefficient (Wildman–Crippen LogP) is 4.51. The van der Waals surface area contributed by atoms with E-state index in [4.69, 9.17) is 9.40 Å². The Morgan fingerprint density at radius 2 is 1.81 bits per heavy atom. The summed E-state index contributed by atoms with van der Waals surface area (Å²) in [6.07, 6.45) is 1.51. The Kier molecular flexibility index (Phi) is 4.50. The van der Waals surface area contributed by atoms with Gasteiger partial charge < -0.3 is 13.9 Å². The van der Waals surface area contributed by atoms with Crippen molar-refractivity contribution in [3.8, 4) is 0 Å². The van der Waals surface area contributed by atoms with Crippen LogP contribution < -0.4 is 0 Å². The van der Waals surface area contributed by atoms with Crippen LogP contribution in [0.25, 0.3) is 11.0 Å². The van der Waals surface area contributed by atoms with Gasteiger partial charge in [0.25, 0.3) is 5.91 Å². The first kappa shape index (κ1) is 17.1. The molecule has 1 atom stereocenters. The minimum atomic E-state index is -0.161. The molecule has 27 heavy (non-hydrogen) atoms. The van der Waals surface area contributed by atoms with Crippen molar-refractivity contribution in [3.63, 3.8) is 0 Å². The lowest BCUT2D eigenvalue weighted by Crippen LogP contribution is -2.28. The highest BCUT2D eigenvalue weighted by Crippen LogP contribution is 2.26. The number of para-hydroxylation sites is 2. The van der Waals surface area contributed by atoms with E-state index in [-0.39, 0.29) is 11.9 Å². The Hall–Kier alpha value is -3.34. The van der Waals surface area contributed by atoms with Crippen LogP contribution in [0.2, 0.25) is 0 Å². The summed E-state index contributed by atoms with van der Waals surface area (Å²) >= 11 is 0. The normalized spacial score (nSPS) is 12.2. The second-order valence-corrected chi connectivity index (χ2v) is 6.61. The zero-order valence-corrected chi connectivity index (χ0v) is 15.4. The fourth-order valence-electron chi connectivity index (χ4n) is 3.39. The van der Waals surface area contributed by atoms with Gasteiger partial charge in [0.1, 0.15) is 5.82 Å². The first-order chi connectivity index (χ1) is 13.1. The largest absolute Gasteiger partial charge is 0.459 e. The number of hydrogen-bond donors (Lipinski definition) is 0. The van der Waals surface area contributed by atoms with Gasteiger partial charge in [-0.1, -0.05) is 42.5 Å². The molecule has 0 saturated heterocycles. The van der Waals surface area contributed by atoms with Crippen molar-refractivity contribution >= 4 is 16.9 Å². The number of aromatic nitrogens is 2. The van der Waals surface area contributed by atoms with Crippen LogP contribution in [0.5, 0.6) is 0 Å². The van der Waals surface area contributed by atoms with Gasteiger partial charge in [0, 0.05) is 7.05 Å². The SMILES string of the molecule is CC(c1ccccc1)n1c(CN(C)C(=O)c2ccco2)nc2ccccc21. The van der Waals surface area contributed by atoms with Crippen LogP contribution in [0.4, 0.5) is 0 Å². The van der Waals surface area contributed by atoms with E-state index in [9.17, 15) is 4.79 Å². The number of furan rings is 1. The van der Waals surface area contributed by atoms with Gasteiger partial charge in [0.2, 0.25) is 0 Å². The molecule has 0 spiro atoms. The Bertz CT molecular complexity index is 1050. The van der Waals surface area contributed by atoms with Crippen molar-refractivity contribution in [2.45, 2.75) is 19.5 Å². The van der Waals surface area contributed by atoms with E-state index >= 15 is 0 Å². The zero-order chi connectivity index (χ0) is 18.8. The maximum atomic E-state index is 12.6. The minimum absolute atomic E-state index is 0.0979. The molecule has 2 heterocycles. The highest BCUT2D eigenvalue weighted by molar-refractivity contribution is 5.91. The van der Waals surface area contributed by atoms with Gasteiger partial charge in [-0.05, 0) is 36.8 Å². The van der Waals surface area contributed by atoms with Crippen LogP contribution in [0, 0.1) is 0 Å². The molecule has 0 radical (unpaired) electrons. The quantitative estimate of drug-likeness (QED) is 0.527. The molecule has 0 saturated carbocycles. The molecular weight excluding hydrogens is 338 g/mol. The number of amides is 1. The summed E-state index contributed by atoms with van der Waals surface area (Å²) in [6.45, 7) is 2.55. The second kappa shape index (κ2) is 7.11. The molecule has 0 aliphatic heterocycles. The third-order valence-electron chi connectivity index (χ3n) is 4.80. The van der Waals surface area contributed by atoms with Crippen molar-refractivity contribution in [1.82, 2.24) is 14.5 Å². The van der Waals surface area contributed by atoms with Gasteiger partial charge >= 0.3 is 0 Å². The molecule has 1 unspecified atom stereocenters. The molecule has 5 nitrogen and oxygen atoms in total. The van der Waals surface area contributed by atoms with E-state index in [1.54, 1.807) is 24.1 Å². The van der Waals surface area contributed by atoms with Crippen molar-refractivity contribution in [3.05, 3.63) is 90.1 Å². The molecule has 1 amide bonds. The Labute approximate surface area is 157 Å². The summed E-state index contributed by atoms with van der Waals surface area (Å²) in [5.74, 6) is 1.01. The predicted molar refractivity (Wildman–Crippen MR) is 104 cm³/mol. The fourth-order valence-corrected chi connectivity index (χ4v) is 3.39. The minimum Gasteiger partial charge on any atom is -0.459 e. The molecule has 4 aromatic rings. The average molecular weight is 359 g/mol. The summed E-state index contributed by atoms with van der Waals surface area (Å²) in [5.41, 5.74) is 3.18. The van der Waals surface area contributed by atoms with Gasteiger partial charge in [-0.2, -0.15) is 0 Å². The number of carbonyl (C=O) groups is 1. The van der Waals surface area contributed by atoms with Crippen LogP contribution in [0.1, 0.15) is 34.9 Å². The third-order valence-corrected chi connectivity index (χ3v) is 4.80. The van der Waals surface area contributed by atoms with E-state index in [0.29, 0.717) is 12.3 Å². The van der Waals surface area contributed by atoms with E-state index in [1.165, 1.54) is 11.8 Å². The van der Waals surface area contributed by atoms with E-state index < -0.39 is 0 Å². The number of imidazole rings is 1. The Morgan fingerprint density at radius 3 is 2.56 bits per heavy atom. The first-order valence-corrected chi connectivity index (χ1v) is 8.95. The van der Waals surface area contributed by atoms with Crippen molar-refractivity contribution in [1.29, 1.82) is 0 Å². The van der Waals surface area contributed by atoms with Gasteiger partial charge in [0.05, 0.1) is 29.9 Å². The summed E-state index contributed by atoms with van der Waals surface area (Å²) in [7, 11) is 1.77. The number of benzene rings is 2. The molecule has 0 aliphatic carbocycles. The van der Waals surface area contributed by atoms with Crippen molar-refractivity contribution in [2.75, 3.05) is 7.05 Å². The number of hydrogen-bond acceptors (Lipinski definition) is 3. The molecule has 5 heteroatoms. The molecule has 136 valence electrons. The molecule has 2 aromatic heterocycles. The standard InChI is InChI=1S/C22H21N3O2/c1-16(17-9-4-3-5-10-17)25-19-12-7-6-11-18(19)23-21(25)15-24(2)22(26)20-13-8-14-27-20/h3-14,16H,15H2,1-2H3. The Morgan fingerprint density at radius 1 is 1.07 bits per heavy atom. The Balaban J connectivity index is 1.73. The second-order valence-electron chi connectivity index (χ2n) is 6.61. The van der Waals surface area contributed by atoms with Gasteiger partial charge in [-0.15, -0.1) is 0 Å². The summed E-state index contributed by atoms with van der Waals surface area (Å²) in [5, 5.41) is 0. The first-order valence-electron chi connectivity index (χ1n) is 8.95. The number of carbonyl (C=O) groups excluding carboxylic acids is 1. The fraction of sp³-hybridized carbons (Fsp3) is 0.182. The van der Waals surface area contributed by atoms with E-state index in [1.807, 2.05) is 36.4 Å². The molecule has 0 fully saturated rings. The molecule has 4 rings (SSSR count).